The highest BCUT2D eigenvalue weighted by Gasteiger charge is 2.18. The fourth-order valence-corrected chi connectivity index (χ4v) is 3.03. The van der Waals surface area contributed by atoms with Crippen molar-refractivity contribution in [3.8, 4) is 0 Å². The van der Waals surface area contributed by atoms with Gasteiger partial charge in [-0.05, 0) is 30.3 Å². The number of rotatable bonds is 5. The molecule has 0 aromatic heterocycles. The Hall–Kier alpha value is -2.49. The zero-order valence-corrected chi connectivity index (χ0v) is 14.8. The zero-order valence-electron chi connectivity index (χ0n) is 13.3. The van der Waals surface area contributed by atoms with E-state index in [1.165, 1.54) is 50.5 Å². The Morgan fingerprint density at radius 1 is 1.16 bits per heavy atom. The Morgan fingerprint density at radius 2 is 1.76 bits per heavy atom. The van der Waals surface area contributed by atoms with E-state index in [4.69, 9.17) is 11.6 Å². The molecule has 0 fully saturated rings. The Labute approximate surface area is 149 Å². The maximum atomic E-state index is 12.2. The lowest BCUT2D eigenvalue weighted by atomic mass is 10.2. The third-order valence-electron chi connectivity index (χ3n) is 3.31. The van der Waals surface area contributed by atoms with E-state index in [0.717, 1.165) is 10.4 Å². The summed E-state index contributed by atoms with van der Waals surface area (Å²) >= 11 is 5.92. The summed E-state index contributed by atoms with van der Waals surface area (Å²) in [5.74, 6) is -0.524. The number of nitrogens with one attached hydrogen (secondary N) is 1. The summed E-state index contributed by atoms with van der Waals surface area (Å²) in [7, 11) is -0.763. The van der Waals surface area contributed by atoms with E-state index < -0.39 is 20.9 Å². The lowest BCUT2D eigenvalue weighted by molar-refractivity contribution is -0.384. The van der Waals surface area contributed by atoms with E-state index in [2.05, 4.69) is 5.32 Å². The number of anilines is 1. The lowest BCUT2D eigenvalue weighted by Crippen LogP contribution is -2.22. The number of hydrogen-bond acceptors (Lipinski definition) is 5. The number of non-ortho nitro benzene ring substituents is 1. The quantitative estimate of drug-likeness (QED) is 0.630. The minimum Gasteiger partial charge on any atom is -0.321 e. The minimum absolute atomic E-state index is 0.0226. The van der Waals surface area contributed by atoms with Crippen LogP contribution in [-0.2, 0) is 10.0 Å². The van der Waals surface area contributed by atoms with Crippen LogP contribution in [0.4, 0.5) is 11.4 Å². The van der Waals surface area contributed by atoms with Crippen LogP contribution in [0.3, 0.4) is 0 Å². The van der Waals surface area contributed by atoms with Crippen molar-refractivity contribution in [2.45, 2.75) is 4.90 Å². The average Bonchev–Trinajstić information content (AvgIpc) is 2.56. The molecule has 1 N–H and O–H groups in total. The second-order valence-corrected chi connectivity index (χ2v) is 7.75. The number of amides is 1. The van der Waals surface area contributed by atoms with Gasteiger partial charge in [-0.25, -0.2) is 12.7 Å². The van der Waals surface area contributed by atoms with Crippen LogP contribution in [0.1, 0.15) is 10.4 Å². The first kappa shape index (κ1) is 18.8. The monoisotopic (exact) mass is 383 g/mol. The predicted molar refractivity (Wildman–Crippen MR) is 93.4 cm³/mol. The molecule has 2 aromatic rings. The van der Waals surface area contributed by atoms with Gasteiger partial charge >= 0.3 is 0 Å². The van der Waals surface area contributed by atoms with Crippen LogP contribution in [0, 0.1) is 10.1 Å². The third-order valence-corrected chi connectivity index (χ3v) is 5.45. The molecule has 2 rings (SSSR count). The van der Waals surface area contributed by atoms with Crippen molar-refractivity contribution < 1.29 is 18.1 Å². The molecular formula is C15H14ClN3O5S. The molecule has 2 aromatic carbocycles. The summed E-state index contributed by atoms with van der Waals surface area (Å²) in [6.07, 6.45) is 0. The topological polar surface area (TPSA) is 110 Å². The molecule has 10 heteroatoms. The lowest BCUT2D eigenvalue weighted by Gasteiger charge is -2.12. The maximum Gasteiger partial charge on any atom is 0.271 e. The van der Waals surface area contributed by atoms with Gasteiger partial charge in [0.25, 0.3) is 11.6 Å². The Kier molecular flexibility index (Phi) is 5.41. The molecule has 0 spiro atoms. The van der Waals surface area contributed by atoms with Crippen molar-refractivity contribution in [3.05, 3.63) is 63.2 Å². The van der Waals surface area contributed by atoms with Crippen LogP contribution >= 0.6 is 11.6 Å². The largest absolute Gasteiger partial charge is 0.321 e. The van der Waals surface area contributed by atoms with Crippen molar-refractivity contribution in [2.24, 2.45) is 0 Å². The Bertz CT molecular complexity index is 927. The highest BCUT2D eigenvalue weighted by Crippen LogP contribution is 2.27. The zero-order chi connectivity index (χ0) is 18.8. The molecule has 0 bridgehead atoms. The van der Waals surface area contributed by atoms with E-state index in [1.807, 2.05) is 0 Å². The molecule has 8 nitrogen and oxygen atoms in total. The number of hydrogen-bond donors (Lipinski definition) is 1. The molecule has 132 valence electrons. The van der Waals surface area contributed by atoms with Crippen LogP contribution in [0.5, 0.6) is 0 Å². The van der Waals surface area contributed by atoms with Gasteiger partial charge in [-0.2, -0.15) is 0 Å². The van der Waals surface area contributed by atoms with E-state index in [9.17, 15) is 23.3 Å². The standard InChI is InChI=1S/C15H14ClN3O5S/c1-18(2)25(23,24)12-6-3-10(4-7-12)15(20)17-14-8-5-11(19(21)22)9-13(14)16/h3-9H,1-2H3,(H,17,20). The molecule has 0 radical (unpaired) electrons. The van der Waals surface area contributed by atoms with Crippen molar-refractivity contribution in [1.29, 1.82) is 0 Å². The normalized spacial score (nSPS) is 11.4. The Morgan fingerprint density at radius 3 is 2.24 bits per heavy atom. The summed E-state index contributed by atoms with van der Waals surface area (Å²) in [5, 5.41) is 13.2. The van der Waals surface area contributed by atoms with E-state index >= 15 is 0 Å². The van der Waals surface area contributed by atoms with Crippen molar-refractivity contribution >= 4 is 38.9 Å². The van der Waals surface area contributed by atoms with Gasteiger partial charge < -0.3 is 5.32 Å². The van der Waals surface area contributed by atoms with Gasteiger partial charge in [0.2, 0.25) is 10.0 Å². The SMILES string of the molecule is CN(C)S(=O)(=O)c1ccc(C(=O)Nc2ccc([N+](=O)[O-])cc2Cl)cc1. The number of benzene rings is 2. The first-order valence-corrected chi connectivity index (χ1v) is 8.72. The number of halogens is 1. The first-order chi connectivity index (χ1) is 11.6. The molecule has 0 aliphatic rings. The summed E-state index contributed by atoms with van der Waals surface area (Å²) < 4.78 is 25.0. The summed E-state index contributed by atoms with van der Waals surface area (Å²) in [5.41, 5.74) is 0.232. The smallest absolute Gasteiger partial charge is 0.271 e. The molecule has 0 saturated heterocycles. The summed E-state index contributed by atoms with van der Waals surface area (Å²) in [6.45, 7) is 0. The van der Waals surface area contributed by atoms with Crippen molar-refractivity contribution in [1.82, 2.24) is 4.31 Å². The highest BCUT2D eigenvalue weighted by atomic mass is 35.5. The van der Waals surface area contributed by atoms with Gasteiger partial charge in [0, 0.05) is 31.8 Å². The fraction of sp³-hybridized carbons (Fsp3) is 0.133. The predicted octanol–water partition coefficient (Wildman–Crippen LogP) is 2.75. The minimum atomic E-state index is -3.58. The van der Waals surface area contributed by atoms with Crippen LogP contribution in [-0.4, -0.2) is 37.6 Å². The summed E-state index contributed by atoms with van der Waals surface area (Å²) in [4.78, 5) is 22.4. The number of carbonyl (C=O) groups excluding carboxylic acids is 1. The Balaban J connectivity index is 2.21. The van der Waals surface area contributed by atoms with Gasteiger partial charge in [0.1, 0.15) is 0 Å². The molecule has 1 amide bonds. The molecule has 0 atom stereocenters. The molecular weight excluding hydrogens is 370 g/mol. The number of nitrogens with zero attached hydrogens (tertiary/aromatic N) is 2. The number of nitro benzene ring substituents is 1. The number of sulfonamides is 1. The number of nitro groups is 1. The molecule has 0 heterocycles. The van der Waals surface area contributed by atoms with Crippen LogP contribution in [0.2, 0.25) is 5.02 Å². The van der Waals surface area contributed by atoms with Gasteiger partial charge in [-0.15, -0.1) is 0 Å². The van der Waals surface area contributed by atoms with Crippen LogP contribution in [0.15, 0.2) is 47.4 Å². The third kappa shape index (κ3) is 4.13. The first-order valence-electron chi connectivity index (χ1n) is 6.91. The van der Waals surface area contributed by atoms with E-state index in [0.29, 0.717) is 0 Å². The van der Waals surface area contributed by atoms with Gasteiger partial charge in [-0.3, -0.25) is 14.9 Å². The molecule has 25 heavy (non-hydrogen) atoms. The molecule has 0 unspecified atom stereocenters. The van der Waals surface area contributed by atoms with E-state index in [1.54, 1.807) is 0 Å². The second kappa shape index (κ2) is 7.18. The van der Waals surface area contributed by atoms with Crippen LogP contribution in [0.25, 0.3) is 0 Å². The van der Waals surface area contributed by atoms with Gasteiger partial charge in [0.15, 0.2) is 0 Å². The average molecular weight is 384 g/mol. The highest BCUT2D eigenvalue weighted by molar-refractivity contribution is 7.89. The molecule has 0 aliphatic carbocycles. The second-order valence-electron chi connectivity index (χ2n) is 5.19. The van der Waals surface area contributed by atoms with Crippen molar-refractivity contribution in [3.63, 3.8) is 0 Å². The molecule has 0 saturated carbocycles. The van der Waals surface area contributed by atoms with Gasteiger partial charge in [0.05, 0.1) is 20.5 Å². The van der Waals surface area contributed by atoms with Crippen LogP contribution < -0.4 is 5.32 Å². The van der Waals surface area contributed by atoms with Gasteiger partial charge in [-0.1, -0.05) is 11.6 Å². The fourth-order valence-electron chi connectivity index (χ4n) is 1.90. The summed E-state index contributed by atoms with van der Waals surface area (Å²) in [6, 6.07) is 9.04. The van der Waals surface area contributed by atoms with Crippen molar-refractivity contribution in [2.75, 3.05) is 19.4 Å². The maximum absolute atomic E-state index is 12.2. The van der Waals surface area contributed by atoms with E-state index in [-0.39, 0.29) is 26.9 Å². The number of carbonyl (C=O) groups is 1. The molecule has 0 aliphatic heterocycles.